The molecule has 0 atom stereocenters. The van der Waals surface area contributed by atoms with E-state index in [0.717, 1.165) is 18.4 Å². The zero-order valence-corrected chi connectivity index (χ0v) is 16.0. The lowest BCUT2D eigenvalue weighted by Crippen LogP contribution is -2.51. The maximum Gasteiger partial charge on any atom is 0.315 e. The summed E-state index contributed by atoms with van der Waals surface area (Å²) in [6, 6.07) is 7.18. The fourth-order valence-electron chi connectivity index (χ4n) is 3.16. The van der Waals surface area contributed by atoms with Gasteiger partial charge >= 0.3 is 6.03 Å². The minimum absolute atomic E-state index is 0.00872. The van der Waals surface area contributed by atoms with Gasteiger partial charge in [0.15, 0.2) is 0 Å². The average Bonchev–Trinajstić information content (AvgIpc) is 3.50. The number of urea groups is 1. The molecule has 7 heteroatoms. The van der Waals surface area contributed by atoms with E-state index in [9.17, 15) is 14.4 Å². The summed E-state index contributed by atoms with van der Waals surface area (Å²) in [4.78, 5) is 40.1. The number of hydrogen-bond donors (Lipinski definition) is 2. The molecule has 2 N–H and O–H groups in total. The number of amides is 4. The van der Waals surface area contributed by atoms with Crippen LogP contribution in [0.2, 0.25) is 0 Å². The van der Waals surface area contributed by atoms with Gasteiger partial charge in [0.25, 0.3) is 5.91 Å². The third kappa shape index (κ3) is 5.21. The number of carbonyl (C=O) groups is 3. The van der Waals surface area contributed by atoms with Crippen LogP contribution in [0.3, 0.4) is 0 Å². The van der Waals surface area contributed by atoms with Gasteiger partial charge in [0.05, 0.1) is 0 Å². The van der Waals surface area contributed by atoms with Gasteiger partial charge in [-0.25, -0.2) is 4.79 Å². The molecule has 0 spiro atoms. The van der Waals surface area contributed by atoms with Crippen LogP contribution in [0.15, 0.2) is 24.3 Å². The van der Waals surface area contributed by atoms with Crippen LogP contribution in [0.25, 0.3) is 0 Å². The van der Waals surface area contributed by atoms with Crippen molar-refractivity contribution in [3.63, 3.8) is 0 Å². The molecule has 1 aromatic carbocycles. The van der Waals surface area contributed by atoms with Crippen molar-refractivity contribution in [2.24, 2.45) is 5.92 Å². The molecule has 3 rings (SSSR count). The molecular weight excluding hydrogens is 344 g/mol. The summed E-state index contributed by atoms with van der Waals surface area (Å²) in [5, 5.41) is 5.56. The second kappa shape index (κ2) is 8.41. The fraction of sp³-hybridized carbons (Fsp3) is 0.550. The van der Waals surface area contributed by atoms with Crippen molar-refractivity contribution < 1.29 is 14.4 Å². The molecule has 0 aromatic heterocycles. The molecular formula is C20H28N4O3. The zero-order chi connectivity index (χ0) is 19.4. The lowest BCUT2D eigenvalue weighted by molar-refractivity contribution is -0.134. The Hall–Kier alpha value is -2.57. The number of nitrogens with one attached hydrogen (secondary N) is 2. The van der Waals surface area contributed by atoms with Gasteiger partial charge in [-0.1, -0.05) is 12.1 Å². The fourth-order valence-corrected chi connectivity index (χ4v) is 3.16. The topological polar surface area (TPSA) is 81.8 Å². The minimum Gasteiger partial charge on any atom is -0.339 e. The van der Waals surface area contributed by atoms with Gasteiger partial charge in [0.2, 0.25) is 5.91 Å². The standard InChI is InChI=1S/C20H28N4O3/c1-14(2)22-20(27)21-13-15-3-5-16(6-4-15)18(25)23-9-11-24(12-10-23)19(26)17-7-8-17/h3-6,14,17H,7-13H2,1-2H3,(H2,21,22,27). The van der Waals surface area contributed by atoms with Crippen LogP contribution in [-0.2, 0) is 11.3 Å². The van der Waals surface area contributed by atoms with Crippen LogP contribution in [0.4, 0.5) is 4.79 Å². The first-order valence-electron chi connectivity index (χ1n) is 9.65. The van der Waals surface area contributed by atoms with Crippen LogP contribution in [0.1, 0.15) is 42.6 Å². The molecule has 1 aliphatic carbocycles. The Bertz CT molecular complexity index is 690. The van der Waals surface area contributed by atoms with Crippen LogP contribution in [0, 0.1) is 5.92 Å². The maximum atomic E-state index is 12.7. The summed E-state index contributed by atoms with van der Waals surface area (Å²) in [6.07, 6.45) is 2.02. The zero-order valence-electron chi connectivity index (χ0n) is 16.0. The van der Waals surface area contributed by atoms with Gasteiger partial charge in [0, 0.05) is 50.2 Å². The SMILES string of the molecule is CC(C)NC(=O)NCc1ccc(C(=O)N2CCN(C(=O)C3CC3)CC2)cc1. The highest BCUT2D eigenvalue weighted by atomic mass is 16.2. The number of carbonyl (C=O) groups excluding carboxylic acids is 3. The minimum atomic E-state index is -0.205. The van der Waals surface area contributed by atoms with Gasteiger partial charge < -0.3 is 20.4 Å². The van der Waals surface area contributed by atoms with Crippen LogP contribution in [-0.4, -0.2) is 59.9 Å². The summed E-state index contributed by atoms with van der Waals surface area (Å²) in [5.41, 5.74) is 1.57. The quantitative estimate of drug-likeness (QED) is 0.823. The highest BCUT2D eigenvalue weighted by Crippen LogP contribution is 2.31. The van der Waals surface area contributed by atoms with E-state index in [4.69, 9.17) is 0 Å². The highest BCUT2D eigenvalue weighted by Gasteiger charge is 2.35. The largest absolute Gasteiger partial charge is 0.339 e. The molecule has 4 amide bonds. The first-order valence-corrected chi connectivity index (χ1v) is 9.65. The Morgan fingerprint density at radius 1 is 1.00 bits per heavy atom. The predicted octanol–water partition coefficient (Wildman–Crippen LogP) is 1.59. The number of piperazine rings is 1. The average molecular weight is 372 g/mol. The Balaban J connectivity index is 1.47. The molecule has 0 radical (unpaired) electrons. The molecule has 2 fully saturated rings. The van der Waals surface area contributed by atoms with Crippen molar-refractivity contribution >= 4 is 17.8 Å². The second-order valence-electron chi connectivity index (χ2n) is 7.57. The summed E-state index contributed by atoms with van der Waals surface area (Å²) < 4.78 is 0. The number of rotatable bonds is 5. The van der Waals surface area contributed by atoms with Gasteiger partial charge in [-0.05, 0) is 44.4 Å². The Kier molecular flexibility index (Phi) is 5.98. The van der Waals surface area contributed by atoms with Crippen molar-refractivity contribution in [2.75, 3.05) is 26.2 Å². The van der Waals surface area contributed by atoms with E-state index in [1.165, 1.54) is 0 Å². The van der Waals surface area contributed by atoms with Crippen molar-refractivity contribution in [2.45, 2.75) is 39.3 Å². The molecule has 0 bridgehead atoms. The highest BCUT2D eigenvalue weighted by molar-refractivity contribution is 5.94. The molecule has 1 heterocycles. The van der Waals surface area contributed by atoms with E-state index in [0.29, 0.717) is 38.3 Å². The molecule has 1 saturated carbocycles. The first kappa shape index (κ1) is 19.2. The summed E-state index contributed by atoms with van der Waals surface area (Å²) in [6.45, 7) is 6.62. The molecule has 1 saturated heterocycles. The van der Waals surface area contributed by atoms with Crippen molar-refractivity contribution in [3.05, 3.63) is 35.4 Å². The summed E-state index contributed by atoms with van der Waals surface area (Å²) >= 11 is 0. The Morgan fingerprint density at radius 3 is 2.15 bits per heavy atom. The van der Waals surface area contributed by atoms with Crippen LogP contribution >= 0.6 is 0 Å². The first-order chi connectivity index (χ1) is 12.9. The molecule has 0 unspecified atom stereocenters. The molecule has 1 aliphatic heterocycles. The Labute approximate surface area is 160 Å². The summed E-state index contributed by atoms with van der Waals surface area (Å²) in [7, 11) is 0. The third-order valence-electron chi connectivity index (χ3n) is 4.88. The number of nitrogens with zero attached hydrogens (tertiary/aromatic N) is 2. The number of benzene rings is 1. The molecule has 1 aromatic rings. The number of hydrogen-bond acceptors (Lipinski definition) is 3. The van der Waals surface area contributed by atoms with E-state index in [1.807, 2.05) is 30.9 Å². The smallest absolute Gasteiger partial charge is 0.315 e. The van der Waals surface area contributed by atoms with E-state index >= 15 is 0 Å². The van der Waals surface area contributed by atoms with Gasteiger partial charge in [-0.3, -0.25) is 9.59 Å². The second-order valence-corrected chi connectivity index (χ2v) is 7.57. The van der Waals surface area contributed by atoms with Crippen molar-refractivity contribution in [1.82, 2.24) is 20.4 Å². The molecule has 27 heavy (non-hydrogen) atoms. The monoisotopic (exact) mass is 372 g/mol. The predicted molar refractivity (Wildman–Crippen MR) is 102 cm³/mol. The van der Waals surface area contributed by atoms with E-state index in [1.54, 1.807) is 17.0 Å². The van der Waals surface area contributed by atoms with Gasteiger partial charge in [0.1, 0.15) is 0 Å². The van der Waals surface area contributed by atoms with Crippen molar-refractivity contribution in [3.8, 4) is 0 Å². The normalized spacial score (nSPS) is 17.0. The maximum absolute atomic E-state index is 12.7. The van der Waals surface area contributed by atoms with E-state index < -0.39 is 0 Å². The van der Waals surface area contributed by atoms with Crippen LogP contribution < -0.4 is 10.6 Å². The van der Waals surface area contributed by atoms with E-state index in [2.05, 4.69) is 10.6 Å². The van der Waals surface area contributed by atoms with Gasteiger partial charge in [-0.2, -0.15) is 0 Å². The lowest BCUT2D eigenvalue weighted by Gasteiger charge is -2.35. The third-order valence-corrected chi connectivity index (χ3v) is 4.88. The molecule has 146 valence electrons. The lowest BCUT2D eigenvalue weighted by atomic mass is 10.1. The molecule has 7 nitrogen and oxygen atoms in total. The van der Waals surface area contributed by atoms with E-state index in [-0.39, 0.29) is 29.8 Å². The summed E-state index contributed by atoms with van der Waals surface area (Å²) in [5.74, 6) is 0.474. The van der Waals surface area contributed by atoms with Crippen LogP contribution in [0.5, 0.6) is 0 Å². The van der Waals surface area contributed by atoms with Crippen molar-refractivity contribution in [1.29, 1.82) is 0 Å². The Morgan fingerprint density at radius 2 is 1.59 bits per heavy atom. The molecule has 2 aliphatic rings. The van der Waals surface area contributed by atoms with Gasteiger partial charge in [-0.15, -0.1) is 0 Å².